The van der Waals surface area contributed by atoms with Crippen LogP contribution in [0.2, 0.25) is 0 Å². The molecule has 0 aromatic heterocycles. The molecule has 120 valence electrons. The number of anilines is 1. The smallest absolute Gasteiger partial charge is 0.0351 e. The van der Waals surface area contributed by atoms with Gasteiger partial charge in [-0.2, -0.15) is 0 Å². The molecular weight excluding hydrogens is 300 g/mol. The minimum Gasteiger partial charge on any atom is -0.399 e. The number of nitrogen functional groups attached to an aromatic ring is 1. The molecule has 23 heavy (non-hydrogen) atoms. The Balaban J connectivity index is 1.47. The third-order valence-corrected chi connectivity index (χ3v) is 6.20. The molecule has 0 unspecified atom stereocenters. The molecule has 2 aliphatic heterocycles. The molecule has 2 atom stereocenters. The van der Waals surface area contributed by atoms with Crippen molar-refractivity contribution >= 4 is 17.4 Å². The highest BCUT2D eigenvalue weighted by Crippen LogP contribution is 2.40. The summed E-state index contributed by atoms with van der Waals surface area (Å²) in [6, 6.07) is 18.8. The Labute approximate surface area is 143 Å². The van der Waals surface area contributed by atoms with E-state index in [1.807, 2.05) is 18.2 Å². The first kappa shape index (κ1) is 15.1. The Kier molecular flexibility index (Phi) is 4.32. The number of nitrogens with zero attached hydrogens (tertiary/aromatic N) is 1. The number of fused-ring (bicyclic) bond motifs is 1. The van der Waals surface area contributed by atoms with E-state index in [-0.39, 0.29) is 0 Å². The molecular formula is C20H24N2S. The predicted octanol–water partition coefficient (Wildman–Crippen LogP) is 5.11. The van der Waals surface area contributed by atoms with Crippen LogP contribution in [-0.4, -0.2) is 17.5 Å². The van der Waals surface area contributed by atoms with Gasteiger partial charge in [0.1, 0.15) is 0 Å². The molecule has 2 N–H and O–H groups in total. The lowest BCUT2D eigenvalue weighted by Gasteiger charge is -2.34. The summed E-state index contributed by atoms with van der Waals surface area (Å²) < 4.78 is 0. The molecule has 2 aromatic rings. The van der Waals surface area contributed by atoms with Crippen LogP contribution in [0, 0.1) is 0 Å². The minimum absolute atomic E-state index is 0.645. The normalized spacial score (nSPS) is 24.5. The van der Waals surface area contributed by atoms with Crippen molar-refractivity contribution in [2.45, 2.75) is 54.0 Å². The van der Waals surface area contributed by atoms with Gasteiger partial charge in [-0.3, -0.25) is 4.90 Å². The lowest BCUT2D eigenvalue weighted by Crippen LogP contribution is -2.35. The highest BCUT2D eigenvalue weighted by atomic mass is 32.2. The van der Waals surface area contributed by atoms with Crippen molar-refractivity contribution in [3.8, 4) is 0 Å². The van der Waals surface area contributed by atoms with E-state index in [0.717, 1.165) is 11.7 Å². The number of hydrogen-bond donors (Lipinski definition) is 1. The van der Waals surface area contributed by atoms with Gasteiger partial charge in [-0.05, 0) is 68.1 Å². The highest BCUT2D eigenvalue weighted by molar-refractivity contribution is 7.99. The van der Waals surface area contributed by atoms with Crippen LogP contribution in [0.4, 0.5) is 5.69 Å². The summed E-state index contributed by atoms with van der Waals surface area (Å²) >= 11 is 1.78. The summed E-state index contributed by atoms with van der Waals surface area (Å²) in [5, 5.41) is 0. The molecule has 3 heteroatoms. The molecule has 0 bridgehead atoms. The van der Waals surface area contributed by atoms with Crippen molar-refractivity contribution in [3.05, 3.63) is 54.1 Å². The SMILES string of the molecule is Nc1cccc(Sc2ccc([C@@H]3CC[C@@H]4CCCCN43)cc2)c1. The van der Waals surface area contributed by atoms with Crippen molar-refractivity contribution in [2.24, 2.45) is 0 Å². The van der Waals surface area contributed by atoms with Crippen molar-refractivity contribution in [2.75, 3.05) is 12.3 Å². The summed E-state index contributed by atoms with van der Waals surface area (Å²) in [4.78, 5) is 5.24. The first-order chi connectivity index (χ1) is 11.3. The van der Waals surface area contributed by atoms with Crippen molar-refractivity contribution < 1.29 is 0 Å². The molecule has 2 saturated heterocycles. The van der Waals surface area contributed by atoms with Crippen LogP contribution in [0.1, 0.15) is 43.7 Å². The maximum atomic E-state index is 5.86. The lowest BCUT2D eigenvalue weighted by atomic mass is 10.0. The minimum atomic E-state index is 0.645. The van der Waals surface area contributed by atoms with Gasteiger partial charge in [0.25, 0.3) is 0 Å². The van der Waals surface area contributed by atoms with Crippen molar-refractivity contribution in [1.29, 1.82) is 0 Å². The van der Waals surface area contributed by atoms with Gasteiger partial charge < -0.3 is 5.73 Å². The van der Waals surface area contributed by atoms with Crippen LogP contribution >= 0.6 is 11.8 Å². The fraction of sp³-hybridized carbons (Fsp3) is 0.400. The zero-order valence-corrected chi connectivity index (χ0v) is 14.3. The number of benzene rings is 2. The Morgan fingerprint density at radius 3 is 2.61 bits per heavy atom. The number of hydrogen-bond acceptors (Lipinski definition) is 3. The van der Waals surface area contributed by atoms with Gasteiger partial charge in [0.15, 0.2) is 0 Å². The monoisotopic (exact) mass is 324 g/mol. The average Bonchev–Trinajstić information content (AvgIpc) is 3.00. The van der Waals surface area contributed by atoms with Gasteiger partial charge in [0.2, 0.25) is 0 Å². The molecule has 2 fully saturated rings. The average molecular weight is 324 g/mol. The van der Waals surface area contributed by atoms with Crippen LogP contribution < -0.4 is 5.73 Å². The Morgan fingerprint density at radius 2 is 1.78 bits per heavy atom. The summed E-state index contributed by atoms with van der Waals surface area (Å²) in [5.74, 6) is 0. The summed E-state index contributed by atoms with van der Waals surface area (Å²) in [6.45, 7) is 1.29. The van der Waals surface area contributed by atoms with E-state index in [0.29, 0.717) is 6.04 Å². The van der Waals surface area contributed by atoms with E-state index >= 15 is 0 Å². The molecule has 2 nitrogen and oxygen atoms in total. The zero-order valence-electron chi connectivity index (χ0n) is 13.4. The highest BCUT2D eigenvalue weighted by Gasteiger charge is 2.35. The van der Waals surface area contributed by atoms with Crippen LogP contribution in [0.5, 0.6) is 0 Å². The molecule has 0 radical (unpaired) electrons. The first-order valence-electron chi connectivity index (χ1n) is 8.69. The van der Waals surface area contributed by atoms with E-state index in [1.165, 1.54) is 54.0 Å². The van der Waals surface area contributed by atoms with Crippen LogP contribution in [0.25, 0.3) is 0 Å². The van der Waals surface area contributed by atoms with Gasteiger partial charge in [0, 0.05) is 27.6 Å². The second-order valence-electron chi connectivity index (χ2n) is 6.72. The van der Waals surface area contributed by atoms with Gasteiger partial charge >= 0.3 is 0 Å². The van der Waals surface area contributed by atoms with Crippen LogP contribution in [0.3, 0.4) is 0 Å². The van der Waals surface area contributed by atoms with Gasteiger partial charge in [0.05, 0.1) is 0 Å². The molecule has 0 saturated carbocycles. The fourth-order valence-electron chi connectivity index (χ4n) is 4.09. The molecule has 0 amide bonds. The predicted molar refractivity (Wildman–Crippen MR) is 97.7 cm³/mol. The van der Waals surface area contributed by atoms with Crippen molar-refractivity contribution in [3.63, 3.8) is 0 Å². The van der Waals surface area contributed by atoms with Crippen LogP contribution in [0.15, 0.2) is 58.3 Å². The first-order valence-corrected chi connectivity index (χ1v) is 9.50. The lowest BCUT2D eigenvalue weighted by molar-refractivity contribution is 0.150. The number of nitrogens with two attached hydrogens (primary N) is 1. The number of piperidine rings is 1. The van der Waals surface area contributed by atoms with Gasteiger partial charge in [-0.15, -0.1) is 0 Å². The summed E-state index contributed by atoms with van der Waals surface area (Å²) in [7, 11) is 0. The largest absolute Gasteiger partial charge is 0.399 e. The maximum Gasteiger partial charge on any atom is 0.0351 e. The van der Waals surface area contributed by atoms with Gasteiger partial charge in [-0.25, -0.2) is 0 Å². The Bertz CT molecular complexity index is 668. The van der Waals surface area contributed by atoms with E-state index in [2.05, 4.69) is 35.2 Å². The molecule has 4 rings (SSSR count). The molecule has 0 spiro atoms. The number of rotatable bonds is 3. The third-order valence-electron chi connectivity index (χ3n) is 5.21. The third kappa shape index (κ3) is 3.26. The standard InChI is InChI=1S/C20H24N2S/c21-16-4-3-6-19(14-16)23-18-10-7-15(8-11-18)20-12-9-17-5-1-2-13-22(17)20/h3-4,6-8,10-11,14,17,20H,1-2,5,9,12-13,21H2/t17-,20-/m0/s1. The molecule has 2 aliphatic rings. The quantitative estimate of drug-likeness (QED) is 0.796. The molecule has 2 aromatic carbocycles. The van der Waals surface area contributed by atoms with E-state index in [1.54, 1.807) is 11.8 Å². The second-order valence-corrected chi connectivity index (χ2v) is 7.87. The second kappa shape index (κ2) is 6.58. The Morgan fingerprint density at radius 1 is 0.913 bits per heavy atom. The molecule has 0 aliphatic carbocycles. The van der Waals surface area contributed by atoms with E-state index < -0.39 is 0 Å². The fourth-order valence-corrected chi connectivity index (χ4v) is 4.98. The van der Waals surface area contributed by atoms with E-state index in [9.17, 15) is 0 Å². The molecule has 2 heterocycles. The summed E-state index contributed by atoms with van der Waals surface area (Å²) in [5.41, 5.74) is 8.18. The Hall–Kier alpha value is -1.45. The van der Waals surface area contributed by atoms with Crippen LogP contribution in [-0.2, 0) is 0 Å². The maximum absolute atomic E-state index is 5.86. The van der Waals surface area contributed by atoms with Gasteiger partial charge in [-0.1, -0.05) is 36.4 Å². The summed E-state index contributed by atoms with van der Waals surface area (Å²) in [6.07, 6.45) is 6.90. The topological polar surface area (TPSA) is 29.3 Å². The van der Waals surface area contributed by atoms with Crippen molar-refractivity contribution in [1.82, 2.24) is 4.90 Å². The zero-order chi connectivity index (χ0) is 15.6. The van der Waals surface area contributed by atoms with E-state index in [4.69, 9.17) is 5.73 Å².